The summed E-state index contributed by atoms with van der Waals surface area (Å²) in [6, 6.07) is 10.1. The molecule has 0 radical (unpaired) electrons. The van der Waals surface area contributed by atoms with Gasteiger partial charge in [-0.05, 0) is 0 Å². The van der Waals surface area contributed by atoms with Crippen molar-refractivity contribution in [2.45, 2.75) is 0 Å². The lowest BCUT2D eigenvalue weighted by Gasteiger charge is -2.31. The van der Waals surface area contributed by atoms with Gasteiger partial charge in [0.25, 0.3) is 0 Å². The van der Waals surface area contributed by atoms with Crippen LogP contribution in [0.1, 0.15) is 0 Å². The smallest absolute Gasteiger partial charge is 0.118 e. The highest BCUT2D eigenvalue weighted by molar-refractivity contribution is 7.71. The van der Waals surface area contributed by atoms with Gasteiger partial charge in [0.1, 0.15) is 7.14 Å². The van der Waals surface area contributed by atoms with Crippen LogP contribution in [0.3, 0.4) is 0 Å². The van der Waals surface area contributed by atoms with E-state index in [-0.39, 0.29) is 0 Å². The van der Waals surface area contributed by atoms with E-state index in [1.165, 1.54) is 0 Å². The Morgan fingerprint density at radius 3 is 1.71 bits per heavy atom. The van der Waals surface area contributed by atoms with Crippen LogP contribution in [0.4, 0.5) is 0 Å². The highest BCUT2D eigenvalue weighted by Gasteiger charge is 2.27. The third-order valence-corrected chi connectivity index (χ3v) is 8.07. The van der Waals surface area contributed by atoms with Gasteiger partial charge in [0, 0.05) is 56.9 Å². The quantitative estimate of drug-likeness (QED) is 0.693. The normalized spacial score (nSPS) is 21.0. The summed E-state index contributed by atoms with van der Waals surface area (Å²) in [6.45, 7) is 8.81. The molecule has 0 bridgehead atoms. The maximum absolute atomic E-state index is 13.8. The lowest BCUT2D eigenvalue weighted by atomic mass is 10.4. The molecule has 0 atom stereocenters. The second-order valence-corrected chi connectivity index (χ2v) is 9.77. The number of morpholine rings is 2. The number of ether oxygens (including phenoxy) is 2. The number of hydrogen-bond acceptors (Lipinski definition) is 5. The summed E-state index contributed by atoms with van der Waals surface area (Å²) in [4.78, 5) is 4.77. The van der Waals surface area contributed by atoms with Crippen LogP contribution in [0, 0.1) is 0 Å². The number of hydrogen-bond donors (Lipinski definition) is 0. The number of benzene rings is 1. The molecular formula is C18H29N2O3P. The zero-order chi connectivity index (χ0) is 16.7. The van der Waals surface area contributed by atoms with Crippen molar-refractivity contribution in [2.24, 2.45) is 0 Å². The summed E-state index contributed by atoms with van der Waals surface area (Å²) in [6.07, 6.45) is 1.53. The fraction of sp³-hybridized carbons (Fsp3) is 0.667. The average Bonchev–Trinajstić information content (AvgIpc) is 2.67. The first kappa shape index (κ1) is 18.1. The number of rotatable bonds is 7. The molecule has 2 saturated heterocycles. The largest absolute Gasteiger partial charge is 0.379 e. The van der Waals surface area contributed by atoms with Crippen LogP contribution in [0.5, 0.6) is 0 Å². The van der Waals surface area contributed by atoms with Crippen molar-refractivity contribution in [3.63, 3.8) is 0 Å². The van der Waals surface area contributed by atoms with Crippen LogP contribution >= 0.6 is 7.14 Å². The Morgan fingerprint density at radius 2 is 1.25 bits per heavy atom. The van der Waals surface area contributed by atoms with E-state index in [9.17, 15) is 4.57 Å². The molecule has 24 heavy (non-hydrogen) atoms. The van der Waals surface area contributed by atoms with Crippen molar-refractivity contribution in [3.8, 4) is 0 Å². The Labute approximate surface area is 145 Å². The van der Waals surface area contributed by atoms with Gasteiger partial charge in [-0.15, -0.1) is 0 Å². The Hall–Kier alpha value is -0.710. The Balaban J connectivity index is 1.62. The highest BCUT2D eigenvalue weighted by Crippen LogP contribution is 2.44. The predicted octanol–water partition coefficient (Wildman–Crippen LogP) is 1.34. The third-order valence-electron chi connectivity index (χ3n) is 4.99. The molecule has 5 nitrogen and oxygen atoms in total. The zero-order valence-corrected chi connectivity index (χ0v) is 15.3. The molecule has 134 valence electrons. The fourth-order valence-corrected chi connectivity index (χ4v) is 5.99. The van der Waals surface area contributed by atoms with E-state index in [0.29, 0.717) is 0 Å². The molecule has 0 aromatic heterocycles. The Bertz CT molecular complexity index is 502. The predicted molar refractivity (Wildman–Crippen MR) is 97.9 cm³/mol. The van der Waals surface area contributed by atoms with Crippen LogP contribution in [0.2, 0.25) is 0 Å². The van der Waals surface area contributed by atoms with Crippen LogP contribution in [-0.4, -0.2) is 87.8 Å². The van der Waals surface area contributed by atoms with Gasteiger partial charge < -0.3 is 14.0 Å². The van der Waals surface area contributed by atoms with Gasteiger partial charge in [-0.25, -0.2) is 0 Å². The standard InChI is InChI=1S/C18H29N2O3P/c21-24(18-4-2-1-3-5-18,16-10-19-6-12-22-13-7-19)17-11-20-8-14-23-15-9-20/h1-5H,6-17H2. The van der Waals surface area contributed by atoms with E-state index in [1.54, 1.807) is 0 Å². The van der Waals surface area contributed by atoms with E-state index < -0.39 is 7.14 Å². The minimum atomic E-state index is -2.37. The summed E-state index contributed by atoms with van der Waals surface area (Å²) in [5.41, 5.74) is 0. The molecule has 1 aromatic carbocycles. The van der Waals surface area contributed by atoms with Gasteiger partial charge in [0.15, 0.2) is 0 Å². The summed E-state index contributed by atoms with van der Waals surface area (Å²) in [5, 5.41) is 1.03. The van der Waals surface area contributed by atoms with Crippen molar-refractivity contribution in [3.05, 3.63) is 30.3 Å². The Morgan fingerprint density at radius 1 is 0.792 bits per heavy atom. The lowest BCUT2D eigenvalue weighted by Crippen LogP contribution is -2.40. The average molecular weight is 352 g/mol. The van der Waals surface area contributed by atoms with Gasteiger partial charge in [-0.1, -0.05) is 30.3 Å². The van der Waals surface area contributed by atoms with E-state index in [2.05, 4.69) is 9.80 Å². The maximum atomic E-state index is 13.8. The van der Waals surface area contributed by atoms with Crippen molar-refractivity contribution in [2.75, 3.05) is 78.0 Å². The molecule has 0 unspecified atom stereocenters. The third kappa shape index (κ3) is 5.14. The zero-order valence-electron chi connectivity index (χ0n) is 14.4. The minimum absolute atomic E-state index is 0.765. The molecule has 0 spiro atoms. The summed E-state index contributed by atoms with van der Waals surface area (Å²) < 4.78 is 24.6. The molecule has 2 fully saturated rings. The van der Waals surface area contributed by atoms with Gasteiger partial charge in [-0.2, -0.15) is 0 Å². The second-order valence-electron chi connectivity index (χ2n) is 6.58. The first-order valence-corrected chi connectivity index (χ1v) is 11.1. The van der Waals surface area contributed by atoms with E-state index in [1.807, 2.05) is 30.3 Å². The summed E-state index contributed by atoms with van der Waals surface area (Å²) in [5.74, 6) is 0. The topological polar surface area (TPSA) is 42.0 Å². The first-order chi connectivity index (χ1) is 11.8. The molecule has 2 heterocycles. The molecule has 0 saturated carbocycles. The Kier molecular flexibility index (Phi) is 6.87. The van der Waals surface area contributed by atoms with E-state index in [4.69, 9.17) is 9.47 Å². The molecule has 1 aromatic rings. The molecule has 0 aliphatic carbocycles. The molecule has 0 N–H and O–H groups in total. The van der Waals surface area contributed by atoms with Crippen LogP contribution < -0.4 is 5.30 Å². The summed E-state index contributed by atoms with van der Waals surface area (Å²) in [7, 11) is -2.37. The maximum Gasteiger partial charge on any atom is 0.118 e. The molecular weight excluding hydrogens is 323 g/mol. The van der Waals surface area contributed by atoms with Crippen LogP contribution in [-0.2, 0) is 14.0 Å². The van der Waals surface area contributed by atoms with Crippen LogP contribution in [0.15, 0.2) is 30.3 Å². The van der Waals surface area contributed by atoms with Gasteiger partial charge in [-0.3, -0.25) is 9.80 Å². The first-order valence-electron chi connectivity index (χ1n) is 9.00. The van der Waals surface area contributed by atoms with E-state index >= 15 is 0 Å². The lowest BCUT2D eigenvalue weighted by molar-refractivity contribution is 0.0400. The van der Waals surface area contributed by atoms with Crippen molar-refractivity contribution in [1.82, 2.24) is 9.80 Å². The highest BCUT2D eigenvalue weighted by atomic mass is 31.2. The van der Waals surface area contributed by atoms with Crippen molar-refractivity contribution in [1.29, 1.82) is 0 Å². The minimum Gasteiger partial charge on any atom is -0.379 e. The molecule has 2 aliphatic heterocycles. The van der Waals surface area contributed by atoms with Gasteiger partial charge >= 0.3 is 0 Å². The second kappa shape index (κ2) is 9.12. The van der Waals surface area contributed by atoms with Gasteiger partial charge in [0.2, 0.25) is 0 Å². The monoisotopic (exact) mass is 352 g/mol. The summed E-state index contributed by atoms with van der Waals surface area (Å²) >= 11 is 0. The molecule has 3 rings (SSSR count). The number of nitrogens with zero attached hydrogens (tertiary/aromatic N) is 2. The molecule has 2 aliphatic rings. The van der Waals surface area contributed by atoms with Crippen molar-refractivity contribution < 1.29 is 14.0 Å². The van der Waals surface area contributed by atoms with Crippen LogP contribution in [0.25, 0.3) is 0 Å². The molecule has 6 heteroatoms. The molecule has 0 amide bonds. The van der Waals surface area contributed by atoms with Gasteiger partial charge in [0.05, 0.1) is 26.4 Å². The fourth-order valence-electron chi connectivity index (χ4n) is 3.33. The van der Waals surface area contributed by atoms with E-state index in [0.717, 1.165) is 83.3 Å². The van der Waals surface area contributed by atoms with Crippen molar-refractivity contribution >= 4 is 12.4 Å². The SMILES string of the molecule is O=P(CCN1CCOCC1)(CCN1CCOCC1)c1ccccc1.